The van der Waals surface area contributed by atoms with Crippen LogP contribution in [0.1, 0.15) is 15.9 Å². The average Bonchev–Trinajstić information content (AvgIpc) is 2.82. The quantitative estimate of drug-likeness (QED) is 0.609. The second kappa shape index (κ2) is 9.62. The van der Waals surface area contributed by atoms with Gasteiger partial charge in [-0.1, -0.05) is 18.2 Å². The van der Waals surface area contributed by atoms with Gasteiger partial charge in [0.1, 0.15) is 5.82 Å². The summed E-state index contributed by atoms with van der Waals surface area (Å²) in [4.78, 5) is 26.0. The molecule has 0 saturated carbocycles. The third kappa shape index (κ3) is 4.78. The first kappa shape index (κ1) is 21.5. The highest BCUT2D eigenvalue weighted by Crippen LogP contribution is 2.23. The smallest absolute Gasteiger partial charge is 0.256 e. The lowest BCUT2D eigenvalue weighted by molar-refractivity contribution is 0.102. The lowest BCUT2D eigenvalue weighted by Crippen LogP contribution is -2.44. The normalized spacial score (nSPS) is 15.4. The summed E-state index contributed by atoms with van der Waals surface area (Å²) in [5.74, 6) is 0.330. The number of benzene rings is 2. The molecule has 1 aliphatic heterocycles. The summed E-state index contributed by atoms with van der Waals surface area (Å²) in [5, 5.41) is 4.87. The van der Waals surface area contributed by atoms with Crippen molar-refractivity contribution in [2.75, 3.05) is 50.5 Å². The molecule has 1 amide bonds. The predicted octanol–water partition coefficient (Wildman–Crippen LogP) is 3.24. The number of carbonyl (C=O) groups is 1. The first-order valence-electron chi connectivity index (χ1n) is 10.7. The number of nitrogens with zero attached hydrogens (tertiary/aromatic N) is 4. The zero-order valence-corrected chi connectivity index (χ0v) is 18.5. The van der Waals surface area contributed by atoms with Gasteiger partial charge < -0.3 is 20.9 Å². The van der Waals surface area contributed by atoms with Gasteiger partial charge >= 0.3 is 0 Å². The van der Waals surface area contributed by atoms with Crippen LogP contribution in [0.15, 0.2) is 65.9 Å². The van der Waals surface area contributed by atoms with Crippen LogP contribution in [-0.4, -0.2) is 62.3 Å². The largest absolute Gasteiger partial charge is 0.404 e. The molecule has 1 aromatic heterocycles. The number of aromatic nitrogens is 1. The van der Waals surface area contributed by atoms with Crippen LogP contribution in [0.25, 0.3) is 16.3 Å². The molecule has 4 rings (SSSR count). The fourth-order valence-electron chi connectivity index (χ4n) is 3.84. The molecule has 7 heteroatoms. The van der Waals surface area contributed by atoms with Crippen molar-refractivity contribution >= 4 is 40.0 Å². The van der Waals surface area contributed by atoms with Gasteiger partial charge in [0.15, 0.2) is 0 Å². The monoisotopic (exact) mass is 428 g/mol. The van der Waals surface area contributed by atoms with E-state index in [1.807, 2.05) is 42.5 Å². The number of piperazine rings is 1. The molecule has 7 nitrogen and oxygen atoms in total. The Kier molecular flexibility index (Phi) is 6.47. The summed E-state index contributed by atoms with van der Waals surface area (Å²) < 4.78 is 0. The Labute approximate surface area is 188 Å². The van der Waals surface area contributed by atoms with Crippen LogP contribution in [0.2, 0.25) is 0 Å². The van der Waals surface area contributed by atoms with Gasteiger partial charge in [-0.3, -0.25) is 9.79 Å². The molecule has 0 aliphatic carbocycles. The van der Waals surface area contributed by atoms with E-state index >= 15 is 0 Å². The molecule has 1 saturated heterocycles. The molecule has 3 N–H and O–H groups in total. The number of hydrogen-bond acceptors (Lipinski definition) is 6. The second-order valence-electron chi connectivity index (χ2n) is 7.94. The van der Waals surface area contributed by atoms with Crippen molar-refractivity contribution in [3.63, 3.8) is 0 Å². The van der Waals surface area contributed by atoms with Gasteiger partial charge in [0.2, 0.25) is 0 Å². The van der Waals surface area contributed by atoms with Crippen molar-refractivity contribution < 1.29 is 4.79 Å². The number of pyridine rings is 1. The van der Waals surface area contributed by atoms with Crippen LogP contribution >= 0.6 is 0 Å². The van der Waals surface area contributed by atoms with Crippen LogP contribution in [-0.2, 0) is 0 Å². The average molecular weight is 429 g/mol. The third-order valence-corrected chi connectivity index (χ3v) is 5.72. The number of hydrogen-bond donors (Lipinski definition) is 2. The summed E-state index contributed by atoms with van der Waals surface area (Å²) in [5.41, 5.74) is 9.21. The van der Waals surface area contributed by atoms with Crippen molar-refractivity contribution in [2.45, 2.75) is 0 Å². The molecule has 2 aromatic carbocycles. The summed E-state index contributed by atoms with van der Waals surface area (Å²) in [7, 11) is 3.84. The molecule has 0 bridgehead atoms. The zero-order chi connectivity index (χ0) is 22.5. The Balaban J connectivity index is 1.54. The molecule has 0 spiro atoms. The number of likely N-dealkylation sites (N-methyl/N-ethyl adjacent to an activating group) is 1. The van der Waals surface area contributed by atoms with Gasteiger partial charge in [0.25, 0.3) is 5.91 Å². The van der Waals surface area contributed by atoms with Gasteiger partial charge in [-0.2, -0.15) is 0 Å². The van der Waals surface area contributed by atoms with Crippen molar-refractivity contribution in [3.05, 3.63) is 72.1 Å². The number of fused-ring (bicyclic) bond motifs is 1. The number of rotatable bonds is 5. The van der Waals surface area contributed by atoms with E-state index in [9.17, 15) is 4.79 Å². The first-order valence-corrected chi connectivity index (χ1v) is 10.7. The molecule has 0 unspecified atom stereocenters. The minimum Gasteiger partial charge on any atom is -0.404 e. The summed E-state index contributed by atoms with van der Waals surface area (Å²) in [6, 6.07) is 15.6. The van der Waals surface area contributed by atoms with E-state index in [0.717, 1.165) is 53.8 Å². The molecule has 164 valence electrons. The summed E-state index contributed by atoms with van der Waals surface area (Å²) >= 11 is 0. The molecule has 0 radical (unpaired) electrons. The summed E-state index contributed by atoms with van der Waals surface area (Å²) in [6.45, 7) is 3.95. The maximum atomic E-state index is 12.9. The van der Waals surface area contributed by atoms with Crippen LogP contribution in [0.4, 0.5) is 11.5 Å². The van der Waals surface area contributed by atoms with Crippen LogP contribution in [0.5, 0.6) is 0 Å². The third-order valence-electron chi connectivity index (χ3n) is 5.72. The van der Waals surface area contributed by atoms with E-state index in [0.29, 0.717) is 11.4 Å². The SMILES string of the molecule is CN=CC(=CN)c1ccc2cnc(NC(=O)c3cccc(N4CCN(C)CC4)c3)cc2c1. The van der Waals surface area contributed by atoms with Gasteiger partial charge in [-0.25, -0.2) is 4.98 Å². The Hall–Kier alpha value is -3.71. The van der Waals surface area contributed by atoms with E-state index in [1.165, 1.54) is 6.20 Å². The van der Waals surface area contributed by atoms with E-state index in [1.54, 1.807) is 19.5 Å². The fraction of sp³-hybridized carbons (Fsp3) is 0.240. The fourth-order valence-corrected chi connectivity index (χ4v) is 3.84. The molecule has 1 fully saturated rings. The maximum Gasteiger partial charge on any atom is 0.256 e. The Morgan fingerprint density at radius 1 is 1.06 bits per heavy atom. The minimum absolute atomic E-state index is 0.176. The van der Waals surface area contributed by atoms with Gasteiger partial charge in [0.05, 0.1) is 0 Å². The number of nitrogens with one attached hydrogen (secondary N) is 1. The van der Waals surface area contributed by atoms with E-state index in [2.05, 4.69) is 38.2 Å². The number of anilines is 2. The van der Waals surface area contributed by atoms with Crippen LogP contribution < -0.4 is 16.0 Å². The predicted molar refractivity (Wildman–Crippen MR) is 132 cm³/mol. The van der Waals surface area contributed by atoms with Crippen molar-refractivity contribution in [1.82, 2.24) is 9.88 Å². The van der Waals surface area contributed by atoms with Gasteiger partial charge in [0, 0.05) is 74.0 Å². The molecule has 32 heavy (non-hydrogen) atoms. The highest BCUT2D eigenvalue weighted by molar-refractivity contribution is 6.11. The van der Waals surface area contributed by atoms with Gasteiger partial charge in [-0.15, -0.1) is 0 Å². The minimum atomic E-state index is -0.176. The number of allylic oxidation sites excluding steroid dienone is 1. The molecule has 3 aromatic rings. The summed E-state index contributed by atoms with van der Waals surface area (Å²) in [6.07, 6.45) is 5.01. The van der Waals surface area contributed by atoms with Crippen LogP contribution in [0.3, 0.4) is 0 Å². The number of carbonyl (C=O) groups excluding carboxylic acids is 1. The van der Waals surface area contributed by atoms with E-state index in [-0.39, 0.29) is 5.91 Å². The lowest BCUT2D eigenvalue weighted by atomic mass is 10.0. The Morgan fingerprint density at radius 2 is 1.88 bits per heavy atom. The first-order chi connectivity index (χ1) is 15.6. The van der Waals surface area contributed by atoms with Crippen molar-refractivity contribution in [3.8, 4) is 0 Å². The maximum absolute atomic E-state index is 12.9. The molecule has 2 heterocycles. The molecule has 1 aliphatic rings. The lowest BCUT2D eigenvalue weighted by Gasteiger charge is -2.34. The topological polar surface area (TPSA) is 86.8 Å². The number of aliphatic imine (C=N–C) groups is 1. The molecule has 0 atom stereocenters. The highest BCUT2D eigenvalue weighted by Gasteiger charge is 2.16. The van der Waals surface area contributed by atoms with E-state index in [4.69, 9.17) is 5.73 Å². The number of nitrogens with two attached hydrogens (primary N) is 1. The number of amides is 1. The van der Waals surface area contributed by atoms with E-state index < -0.39 is 0 Å². The standard InChI is InChI=1S/C25H28N6O/c1-27-16-22(15-26)18-6-7-20-17-28-24(14-21(20)12-18)29-25(32)19-4-3-5-23(13-19)31-10-8-30(2)9-11-31/h3-7,12-17H,8-11,26H2,1-2H3,(H,28,29,32). The second-order valence-corrected chi connectivity index (χ2v) is 7.94. The molecular weight excluding hydrogens is 400 g/mol. The molecular formula is C25H28N6O. The Morgan fingerprint density at radius 3 is 2.62 bits per heavy atom. The van der Waals surface area contributed by atoms with Crippen molar-refractivity contribution in [1.29, 1.82) is 0 Å². The van der Waals surface area contributed by atoms with Crippen LogP contribution in [0, 0.1) is 0 Å². The van der Waals surface area contributed by atoms with Crippen molar-refractivity contribution in [2.24, 2.45) is 10.7 Å². The Bertz CT molecular complexity index is 1180. The van der Waals surface area contributed by atoms with Gasteiger partial charge in [-0.05, 0) is 48.3 Å². The highest BCUT2D eigenvalue weighted by atomic mass is 16.1. The zero-order valence-electron chi connectivity index (χ0n) is 18.5.